The molecule has 1 aliphatic heterocycles. The summed E-state index contributed by atoms with van der Waals surface area (Å²) >= 11 is 3.32. The zero-order valence-electron chi connectivity index (χ0n) is 26.9. The minimum Gasteiger partial charge on any atom is -0.325 e. The van der Waals surface area contributed by atoms with Gasteiger partial charge in [-0.2, -0.15) is 5.10 Å². The van der Waals surface area contributed by atoms with Gasteiger partial charge in [0.05, 0.1) is 25.3 Å². The number of hydrogen-bond acceptors (Lipinski definition) is 11. The van der Waals surface area contributed by atoms with E-state index in [0.29, 0.717) is 33.6 Å². The average molecular weight is 741 g/mol. The van der Waals surface area contributed by atoms with Crippen LogP contribution in [0.5, 0.6) is 0 Å². The van der Waals surface area contributed by atoms with E-state index in [2.05, 4.69) is 41.3 Å². The molecule has 1 N–H and O–H groups in total. The van der Waals surface area contributed by atoms with Crippen LogP contribution in [0.25, 0.3) is 22.0 Å². The number of fused-ring (bicyclic) bond motifs is 2. The van der Waals surface area contributed by atoms with Crippen molar-refractivity contribution in [3.8, 4) is 11.1 Å². The quantitative estimate of drug-likeness (QED) is 0.107. The molecule has 0 unspecified atom stereocenters. The lowest BCUT2D eigenvalue weighted by Gasteiger charge is -2.27. The summed E-state index contributed by atoms with van der Waals surface area (Å²) in [6, 6.07) is 9.39. The van der Waals surface area contributed by atoms with Crippen LogP contribution in [0, 0.1) is 12.3 Å². The number of amides is 2. The smallest absolute Gasteiger partial charge is 0.325 e. The molecule has 1 saturated carbocycles. The monoisotopic (exact) mass is 739 g/mol. The summed E-state index contributed by atoms with van der Waals surface area (Å²) in [6.07, 6.45) is 4.22. The highest BCUT2D eigenvalue weighted by molar-refractivity contribution is 9.10. The molecule has 0 bridgehead atoms. The summed E-state index contributed by atoms with van der Waals surface area (Å²) in [5.74, 6) is -0.0760. The van der Waals surface area contributed by atoms with Crippen molar-refractivity contribution in [1.29, 1.82) is 0 Å². The first-order valence-electron chi connectivity index (χ1n) is 15.5. The second kappa shape index (κ2) is 13.6. The molecule has 1 aliphatic carbocycles. The number of phosphoric ester groups is 1. The number of ketones is 1. The van der Waals surface area contributed by atoms with Crippen LogP contribution in [0.3, 0.4) is 0 Å². The number of rotatable bonds is 13. The predicted octanol–water partition coefficient (Wildman–Crippen LogP) is 5.36. The van der Waals surface area contributed by atoms with Crippen molar-refractivity contribution in [3.05, 3.63) is 64.9 Å². The van der Waals surface area contributed by atoms with E-state index < -0.39 is 25.2 Å². The van der Waals surface area contributed by atoms with Crippen molar-refractivity contribution < 1.29 is 32.5 Å². The topological polar surface area (TPSA) is 168 Å². The van der Waals surface area contributed by atoms with E-state index in [1.807, 2.05) is 12.1 Å². The molecule has 16 heteroatoms. The van der Waals surface area contributed by atoms with Crippen LogP contribution in [-0.4, -0.2) is 79.1 Å². The zero-order valence-corrected chi connectivity index (χ0v) is 29.4. The van der Waals surface area contributed by atoms with Gasteiger partial charge in [-0.3, -0.25) is 32.6 Å². The summed E-state index contributed by atoms with van der Waals surface area (Å²) < 4.78 is 31.5. The molecule has 252 valence electrons. The molecule has 2 fully saturated rings. The summed E-state index contributed by atoms with van der Waals surface area (Å²) in [6.45, 7) is 6.61. The maximum absolute atomic E-state index is 14.2. The molecule has 0 radical (unpaired) electrons. The fraction of sp³-hybridized carbons (Fsp3) is 0.406. The number of piperidine rings is 1. The molecular formula is C32H35BrN7O7P. The number of nitrogens with one attached hydrogen (secondary N) is 1. The van der Waals surface area contributed by atoms with Crippen molar-refractivity contribution in [2.45, 2.75) is 59.2 Å². The van der Waals surface area contributed by atoms with Crippen molar-refractivity contribution in [3.63, 3.8) is 0 Å². The lowest BCUT2D eigenvalue weighted by Crippen LogP contribution is -2.46. The minimum absolute atomic E-state index is 0.0255. The Labute approximate surface area is 285 Å². The third-order valence-electron chi connectivity index (χ3n) is 8.54. The summed E-state index contributed by atoms with van der Waals surface area (Å²) in [4.78, 5) is 55.0. The number of Topliss-reactive ketones (excluding diaryl/α,β-unsaturated/α-hetero) is 1. The van der Waals surface area contributed by atoms with Gasteiger partial charge in [-0.15, -0.1) is 0 Å². The largest absolute Gasteiger partial charge is 0.474 e. The Balaban J connectivity index is 1.29. The van der Waals surface area contributed by atoms with Crippen LogP contribution in [0.4, 0.5) is 5.82 Å². The van der Waals surface area contributed by atoms with Crippen molar-refractivity contribution >= 4 is 58.1 Å². The van der Waals surface area contributed by atoms with Crippen LogP contribution in [-0.2, 0) is 34.3 Å². The van der Waals surface area contributed by atoms with Crippen molar-refractivity contribution in [2.75, 3.05) is 25.1 Å². The van der Waals surface area contributed by atoms with E-state index in [0.717, 1.165) is 11.1 Å². The highest BCUT2D eigenvalue weighted by Gasteiger charge is 2.67. The molecule has 4 heterocycles. The molecule has 2 aliphatic rings. The summed E-state index contributed by atoms with van der Waals surface area (Å²) in [5, 5.41) is 7.95. The van der Waals surface area contributed by atoms with E-state index in [4.69, 9.17) is 13.6 Å². The third kappa shape index (κ3) is 6.83. The Morgan fingerprint density at radius 2 is 1.77 bits per heavy atom. The van der Waals surface area contributed by atoms with Gasteiger partial charge < -0.3 is 10.2 Å². The molecule has 3 aromatic heterocycles. The fourth-order valence-electron chi connectivity index (χ4n) is 6.23. The Morgan fingerprint density at radius 1 is 1.04 bits per heavy atom. The molecular weight excluding hydrogens is 705 g/mol. The van der Waals surface area contributed by atoms with E-state index in [1.165, 1.54) is 11.6 Å². The van der Waals surface area contributed by atoms with Crippen LogP contribution in [0.1, 0.15) is 49.9 Å². The number of anilines is 1. The third-order valence-corrected chi connectivity index (χ3v) is 10.6. The number of nitrogens with zero attached hydrogens (tertiary/aromatic N) is 6. The van der Waals surface area contributed by atoms with E-state index in [9.17, 15) is 18.9 Å². The Morgan fingerprint density at radius 3 is 2.44 bits per heavy atom. The maximum Gasteiger partial charge on any atom is 0.474 e. The van der Waals surface area contributed by atoms with Crippen LogP contribution in [0.15, 0.2) is 53.4 Å². The van der Waals surface area contributed by atoms with E-state index >= 15 is 0 Å². The first-order valence-corrected chi connectivity index (χ1v) is 17.8. The molecule has 14 nitrogen and oxygen atoms in total. The molecule has 3 atom stereocenters. The number of likely N-dealkylation sites (tertiary alicyclic amines) is 1. The molecule has 6 rings (SSSR count). The maximum atomic E-state index is 14.2. The van der Waals surface area contributed by atoms with Gasteiger partial charge in [-0.1, -0.05) is 12.1 Å². The number of carbonyl (C=O) groups excluding carboxylic acids is 3. The minimum atomic E-state index is -3.83. The second-order valence-corrected chi connectivity index (χ2v) is 14.3. The van der Waals surface area contributed by atoms with Crippen LogP contribution < -0.4 is 5.32 Å². The van der Waals surface area contributed by atoms with Gasteiger partial charge in [0.2, 0.25) is 11.8 Å². The van der Waals surface area contributed by atoms with Gasteiger partial charge in [0, 0.05) is 41.7 Å². The predicted molar refractivity (Wildman–Crippen MR) is 179 cm³/mol. The Hall–Kier alpha value is -3.88. The normalized spacial score (nSPS) is 20.1. The molecule has 0 spiro atoms. The number of halogens is 1. The average Bonchev–Trinajstić information content (AvgIpc) is 3.47. The Kier molecular flexibility index (Phi) is 9.60. The number of phosphoric acid groups is 1. The summed E-state index contributed by atoms with van der Waals surface area (Å²) in [7, 11) is -3.83. The van der Waals surface area contributed by atoms with Gasteiger partial charge in [0.15, 0.2) is 5.78 Å². The van der Waals surface area contributed by atoms with Crippen LogP contribution in [0.2, 0.25) is 0 Å². The lowest BCUT2D eigenvalue weighted by molar-refractivity contribution is -0.138. The highest BCUT2D eigenvalue weighted by atomic mass is 79.9. The zero-order chi connectivity index (χ0) is 34.2. The molecule has 1 saturated heterocycles. The molecule has 1 aromatic carbocycles. The number of hydrogen-bond donors (Lipinski definition) is 1. The second-order valence-electron chi connectivity index (χ2n) is 11.8. The van der Waals surface area contributed by atoms with Crippen LogP contribution >= 0.6 is 23.8 Å². The number of carbonyl (C=O) groups is 3. The van der Waals surface area contributed by atoms with Crippen molar-refractivity contribution in [2.24, 2.45) is 5.41 Å². The summed E-state index contributed by atoms with van der Waals surface area (Å²) in [5.41, 5.74) is 1.75. The highest BCUT2D eigenvalue weighted by Crippen LogP contribution is 2.62. The molecule has 48 heavy (non-hydrogen) atoms. The van der Waals surface area contributed by atoms with E-state index in [1.54, 1.807) is 62.3 Å². The van der Waals surface area contributed by atoms with Gasteiger partial charge in [-0.05, 0) is 79.4 Å². The molecule has 4 aromatic rings. The number of aryl methyl sites for hydroxylation is 1. The van der Waals surface area contributed by atoms with E-state index in [-0.39, 0.29) is 56.2 Å². The van der Waals surface area contributed by atoms with Gasteiger partial charge >= 0.3 is 7.82 Å². The van der Waals surface area contributed by atoms with Crippen molar-refractivity contribution in [1.82, 2.24) is 29.6 Å². The van der Waals surface area contributed by atoms with Gasteiger partial charge in [0.1, 0.15) is 34.5 Å². The number of benzene rings is 1. The number of pyridine rings is 1. The first kappa shape index (κ1) is 34.0. The molecule has 2 amide bonds. The van der Waals surface area contributed by atoms with Gasteiger partial charge in [-0.25, -0.2) is 19.5 Å². The first-order chi connectivity index (χ1) is 23.0. The lowest BCUT2D eigenvalue weighted by atomic mass is 10.0. The van der Waals surface area contributed by atoms with Gasteiger partial charge in [0.25, 0.3) is 0 Å². The standard InChI is InChI=1S/C32H35BrN7O7P/c1-5-45-48(44,46-6-2)47-18-32-13-25(31(43)37-28-9-7-8-27(33)36-28)40(26(32)14-32)29(42)17-39-24-11-10-21(22-15-34-20(4)35-16-22)12-23(24)30(38-39)19(3)41/h7-12,15-16,25-26H,5-6,13-14,17-18H2,1-4H3,(H,36,37,43)/t25-,26-,32+/m0/s1. The SMILES string of the molecule is CCOP(=O)(OCC)OC[C@@]12C[C@@H]1N(C(=O)Cn1nc(C(C)=O)c3cc(-c4cnc(C)nc4)ccc31)[C@H](C(=O)Nc1cccc(Br)n1)C2. The number of aromatic nitrogens is 5. The fourth-order valence-corrected chi connectivity index (χ4v) is 7.85. The Bertz CT molecular complexity index is 1930.